The molecule has 1 aromatic carbocycles. The van der Waals surface area contributed by atoms with Gasteiger partial charge in [0.05, 0.1) is 5.02 Å². The van der Waals surface area contributed by atoms with E-state index in [-0.39, 0.29) is 34.1 Å². The Morgan fingerprint density at radius 1 is 1.31 bits per heavy atom. The number of amides is 1. The molecule has 1 aliphatic heterocycles. The fraction of sp³-hybridized carbons (Fsp3) is 0.588. The first-order valence-corrected chi connectivity index (χ1v) is 10.4. The summed E-state index contributed by atoms with van der Waals surface area (Å²) < 4.78 is 31.5. The van der Waals surface area contributed by atoms with Crippen molar-refractivity contribution in [3.63, 3.8) is 0 Å². The number of benzene rings is 1. The number of anilines is 1. The first kappa shape index (κ1) is 21.1. The lowest BCUT2D eigenvalue weighted by molar-refractivity contribution is -0.928. The molecule has 0 aromatic heterocycles. The lowest BCUT2D eigenvalue weighted by Crippen LogP contribution is -3.19. The summed E-state index contributed by atoms with van der Waals surface area (Å²) in [5.41, 5.74) is 0.403. The van der Waals surface area contributed by atoms with E-state index in [0.29, 0.717) is 5.69 Å². The monoisotopic (exact) mass is 404 g/mol. The van der Waals surface area contributed by atoms with E-state index in [2.05, 4.69) is 5.32 Å². The predicted octanol–water partition coefficient (Wildman–Crippen LogP) is 0.609. The molecule has 1 heterocycles. The van der Waals surface area contributed by atoms with E-state index in [1.165, 1.54) is 26.2 Å². The number of nitrogens with zero attached hydrogens (tertiary/aromatic N) is 1. The summed E-state index contributed by atoms with van der Waals surface area (Å²) in [5.74, 6) is -0.170. The zero-order chi connectivity index (χ0) is 19.6. The molecule has 1 saturated heterocycles. The third-order valence-electron chi connectivity index (χ3n) is 4.53. The van der Waals surface area contributed by atoms with Crippen molar-refractivity contribution in [1.82, 2.24) is 4.31 Å². The highest BCUT2D eigenvalue weighted by molar-refractivity contribution is 7.89. The second kappa shape index (κ2) is 8.22. The van der Waals surface area contributed by atoms with Crippen molar-refractivity contribution in [1.29, 1.82) is 0 Å². The summed E-state index contributed by atoms with van der Waals surface area (Å²) in [6.45, 7) is 7.36. The summed E-state index contributed by atoms with van der Waals surface area (Å²) in [6, 6.07) is 4.18. The third-order valence-corrected chi connectivity index (χ3v) is 6.82. The predicted molar refractivity (Wildman–Crippen MR) is 101 cm³/mol. The van der Waals surface area contributed by atoms with E-state index in [0.717, 1.165) is 22.3 Å². The van der Waals surface area contributed by atoms with Crippen molar-refractivity contribution in [2.24, 2.45) is 0 Å². The summed E-state index contributed by atoms with van der Waals surface area (Å²) >= 11 is 6.04. The van der Waals surface area contributed by atoms with Crippen LogP contribution in [0, 0.1) is 0 Å². The Hall–Kier alpha value is -1.19. The van der Waals surface area contributed by atoms with Gasteiger partial charge in [-0.1, -0.05) is 11.6 Å². The molecule has 2 N–H and O–H groups in total. The van der Waals surface area contributed by atoms with Gasteiger partial charge in [-0.3, -0.25) is 4.79 Å². The van der Waals surface area contributed by atoms with Gasteiger partial charge in [0.2, 0.25) is 10.0 Å². The molecule has 0 aliphatic carbocycles. The van der Waals surface area contributed by atoms with Gasteiger partial charge in [0.1, 0.15) is 30.2 Å². The number of nitrogens with one attached hydrogen (secondary N) is 2. The molecule has 1 aliphatic rings. The molecule has 26 heavy (non-hydrogen) atoms. The minimum atomic E-state index is -3.69. The van der Waals surface area contributed by atoms with Crippen LogP contribution >= 0.6 is 11.6 Å². The maximum absolute atomic E-state index is 12.6. The van der Waals surface area contributed by atoms with Crippen molar-refractivity contribution < 1.29 is 22.8 Å². The third kappa shape index (κ3) is 4.75. The number of rotatable bonds is 5. The minimum absolute atomic E-state index is 0.0319. The van der Waals surface area contributed by atoms with Gasteiger partial charge >= 0.3 is 0 Å². The molecule has 0 radical (unpaired) electrons. The van der Waals surface area contributed by atoms with E-state index in [1.807, 2.05) is 20.8 Å². The van der Waals surface area contributed by atoms with Crippen LogP contribution in [0.5, 0.6) is 0 Å². The Morgan fingerprint density at radius 3 is 2.42 bits per heavy atom. The van der Waals surface area contributed by atoms with Gasteiger partial charge in [0.25, 0.3) is 5.91 Å². The van der Waals surface area contributed by atoms with Gasteiger partial charge in [-0.25, -0.2) is 12.7 Å². The van der Waals surface area contributed by atoms with Crippen LogP contribution in [0.4, 0.5) is 5.69 Å². The van der Waals surface area contributed by atoms with E-state index >= 15 is 0 Å². The maximum atomic E-state index is 12.6. The number of morpholine rings is 1. The highest BCUT2D eigenvalue weighted by Gasteiger charge is 2.33. The van der Waals surface area contributed by atoms with Crippen LogP contribution < -0.4 is 10.2 Å². The molecule has 3 atom stereocenters. The molecule has 9 heteroatoms. The second-order valence-electron chi connectivity index (χ2n) is 6.97. The van der Waals surface area contributed by atoms with Crippen LogP contribution in [0.2, 0.25) is 5.02 Å². The molecule has 0 saturated carbocycles. The molecule has 0 unspecified atom stereocenters. The summed E-state index contributed by atoms with van der Waals surface area (Å²) in [6.07, 6.45) is 0.188. The number of ether oxygens (including phenoxy) is 1. The summed E-state index contributed by atoms with van der Waals surface area (Å²) in [5, 5.41) is 2.92. The first-order chi connectivity index (χ1) is 12.0. The van der Waals surface area contributed by atoms with Crippen LogP contribution in [0.1, 0.15) is 20.8 Å². The number of carbonyl (C=O) groups is 1. The average Bonchev–Trinajstić information content (AvgIpc) is 2.54. The quantitative estimate of drug-likeness (QED) is 0.753. The van der Waals surface area contributed by atoms with Crippen molar-refractivity contribution in [2.45, 2.75) is 43.9 Å². The van der Waals surface area contributed by atoms with Gasteiger partial charge in [0.15, 0.2) is 6.04 Å². The highest BCUT2D eigenvalue weighted by Crippen LogP contribution is 2.26. The molecule has 1 aromatic rings. The average molecular weight is 405 g/mol. The molecular weight excluding hydrogens is 378 g/mol. The Morgan fingerprint density at radius 2 is 1.88 bits per heavy atom. The zero-order valence-corrected chi connectivity index (χ0v) is 17.3. The number of hydrogen-bond donors (Lipinski definition) is 2. The Labute approximate surface area is 160 Å². The normalized spacial score (nSPS) is 25.1. The molecule has 1 fully saturated rings. The van der Waals surface area contributed by atoms with Crippen molar-refractivity contribution in [3.8, 4) is 0 Å². The topological polar surface area (TPSA) is 80.2 Å². The minimum Gasteiger partial charge on any atom is -0.364 e. The van der Waals surface area contributed by atoms with E-state index < -0.39 is 10.0 Å². The van der Waals surface area contributed by atoms with Crippen molar-refractivity contribution in [2.75, 3.05) is 32.5 Å². The molecule has 2 rings (SSSR count). The van der Waals surface area contributed by atoms with Gasteiger partial charge in [-0.05, 0) is 39.0 Å². The maximum Gasteiger partial charge on any atom is 0.282 e. The van der Waals surface area contributed by atoms with Gasteiger partial charge in [0, 0.05) is 19.8 Å². The molecule has 1 amide bonds. The van der Waals surface area contributed by atoms with Crippen LogP contribution in [-0.4, -0.2) is 64.1 Å². The number of sulfonamides is 1. The van der Waals surface area contributed by atoms with Crippen LogP contribution in [0.3, 0.4) is 0 Å². The fourth-order valence-electron chi connectivity index (χ4n) is 3.08. The fourth-order valence-corrected chi connectivity index (χ4v) is 4.47. The largest absolute Gasteiger partial charge is 0.364 e. The number of hydrogen-bond acceptors (Lipinski definition) is 4. The van der Waals surface area contributed by atoms with Crippen LogP contribution in [0.15, 0.2) is 23.1 Å². The molecule has 146 valence electrons. The Kier molecular flexibility index (Phi) is 6.68. The standard InChI is InChI=1S/C17H26ClN3O4S/c1-11-9-21(10-12(2)25-11)13(3)17(22)19-14-6-7-15(18)16(8-14)26(23,24)20(4)5/h6-8,11-13H,9-10H2,1-5H3,(H,19,22)/p+1/t11-,12-,13+/m1/s1. The van der Waals surface area contributed by atoms with E-state index in [1.54, 1.807) is 6.07 Å². The van der Waals surface area contributed by atoms with Gasteiger partial charge < -0.3 is 15.0 Å². The summed E-state index contributed by atoms with van der Waals surface area (Å²) in [4.78, 5) is 13.7. The second-order valence-corrected chi connectivity index (χ2v) is 9.49. The Bertz CT molecular complexity index is 759. The van der Waals surface area contributed by atoms with Crippen LogP contribution in [-0.2, 0) is 19.6 Å². The zero-order valence-electron chi connectivity index (χ0n) is 15.7. The molecule has 0 bridgehead atoms. The van der Waals surface area contributed by atoms with Gasteiger partial charge in [-0.2, -0.15) is 0 Å². The summed E-state index contributed by atoms with van der Waals surface area (Å²) in [7, 11) is -0.826. The molecule has 0 spiro atoms. The van der Waals surface area contributed by atoms with Gasteiger partial charge in [-0.15, -0.1) is 0 Å². The highest BCUT2D eigenvalue weighted by atomic mass is 35.5. The van der Waals surface area contributed by atoms with Crippen molar-refractivity contribution in [3.05, 3.63) is 23.2 Å². The van der Waals surface area contributed by atoms with E-state index in [9.17, 15) is 13.2 Å². The van der Waals surface area contributed by atoms with Crippen LogP contribution in [0.25, 0.3) is 0 Å². The Balaban J connectivity index is 2.16. The lowest BCUT2D eigenvalue weighted by Gasteiger charge is -2.35. The number of carbonyl (C=O) groups excluding carboxylic acids is 1. The first-order valence-electron chi connectivity index (χ1n) is 8.55. The molecular formula is C17H27ClN3O4S+. The molecule has 7 nitrogen and oxygen atoms in total. The van der Waals surface area contributed by atoms with Crippen molar-refractivity contribution >= 4 is 33.2 Å². The SMILES string of the molecule is C[C@@H]1C[NH+]([C@@H](C)C(=O)Nc2ccc(Cl)c(S(=O)(=O)N(C)C)c2)C[C@@H](C)O1. The smallest absolute Gasteiger partial charge is 0.282 e. The number of halogens is 1. The van der Waals surface area contributed by atoms with E-state index in [4.69, 9.17) is 16.3 Å². The number of quaternary nitrogens is 1. The lowest BCUT2D eigenvalue weighted by atomic mass is 10.1.